The van der Waals surface area contributed by atoms with E-state index in [1.807, 2.05) is 0 Å². The minimum absolute atomic E-state index is 0.0782. The molecule has 0 spiro atoms. The number of hydrogen-bond acceptors (Lipinski definition) is 6. The lowest BCUT2D eigenvalue weighted by Gasteiger charge is -2.28. The van der Waals surface area contributed by atoms with Crippen molar-refractivity contribution < 1.29 is 23.9 Å². The minimum Gasteiger partial charge on any atom is -0.465 e. The molecule has 0 fully saturated rings. The fraction of sp³-hybridized carbons (Fsp3) is 0.556. The van der Waals surface area contributed by atoms with Crippen LogP contribution in [-0.4, -0.2) is 41.6 Å². The van der Waals surface area contributed by atoms with Crippen molar-refractivity contribution in [2.45, 2.75) is 53.2 Å². The third kappa shape index (κ3) is 4.23. The normalized spacial score (nSPS) is 14.1. The number of esters is 2. The molecule has 0 aliphatic heterocycles. The molecule has 26 heavy (non-hydrogen) atoms. The molecular weight excluding hydrogens is 338 g/mol. The summed E-state index contributed by atoms with van der Waals surface area (Å²) >= 11 is 0. The summed E-state index contributed by atoms with van der Waals surface area (Å²) in [6.07, 6.45) is -1.11. The lowest BCUT2D eigenvalue weighted by Crippen LogP contribution is -2.52. The molecule has 0 saturated carbocycles. The van der Waals surface area contributed by atoms with Crippen molar-refractivity contribution in [1.82, 2.24) is 10.3 Å². The van der Waals surface area contributed by atoms with Crippen LogP contribution < -0.4 is 5.32 Å². The number of carbonyl (C=O) groups is 3. The van der Waals surface area contributed by atoms with Gasteiger partial charge in [-0.3, -0.25) is 4.79 Å². The van der Waals surface area contributed by atoms with Crippen LogP contribution in [0.4, 0.5) is 0 Å². The molecule has 1 rings (SSSR count). The maximum absolute atomic E-state index is 12.4. The van der Waals surface area contributed by atoms with Crippen LogP contribution in [0.3, 0.4) is 0 Å². The highest BCUT2D eigenvalue weighted by Crippen LogP contribution is 2.20. The highest BCUT2D eigenvalue weighted by molar-refractivity contribution is 5.99. The van der Waals surface area contributed by atoms with Crippen molar-refractivity contribution >= 4 is 17.8 Å². The molecule has 2 N–H and O–H groups in total. The number of nitrogens with one attached hydrogen (secondary N) is 2. The van der Waals surface area contributed by atoms with Gasteiger partial charge in [0.25, 0.3) is 5.91 Å². The van der Waals surface area contributed by atoms with Crippen LogP contribution in [0.25, 0.3) is 0 Å². The van der Waals surface area contributed by atoms with E-state index in [-0.39, 0.29) is 17.2 Å². The molecule has 2 unspecified atom stereocenters. The summed E-state index contributed by atoms with van der Waals surface area (Å²) < 4.78 is 9.88. The number of carbonyl (C=O) groups excluding carboxylic acids is 3. The van der Waals surface area contributed by atoms with E-state index in [9.17, 15) is 19.6 Å². The Balaban J connectivity index is 2.93. The molecule has 0 radical (unpaired) electrons. The number of ether oxygens (including phenoxy) is 2. The molecular formula is C18H25N3O5. The van der Waals surface area contributed by atoms with Gasteiger partial charge >= 0.3 is 11.9 Å². The summed E-state index contributed by atoms with van der Waals surface area (Å²) in [5.41, 5.74) is 0.114. The third-order valence-corrected chi connectivity index (χ3v) is 4.45. The third-order valence-electron chi connectivity index (χ3n) is 4.45. The standard InChI is InChI=1S/C18H25N3O5/c1-9(2)18(6,8-19)21-15(22)12(5)26-17(24)14-10(3)13(11(4)20-14)16(23)25-7/h9,12,20H,1-7H3,(H,21,22). The van der Waals surface area contributed by atoms with Crippen LogP contribution in [0, 0.1) is 31.1 Å². The summed E-state index contributed by atoms with van der Waals surface area (Å²) in [5.74, 6) is -2.05. The van der Waals surface area contributed by atoms with Gasteiger partial charge in [-0.2, -0.15) is 5.26 Å². The van der Waals surface area contributed by atoms with Gasteiger partial charge in [-0.25, -0.2) is 9.59 Å². The Morgan fingerprint density at radius 2 is 1.77 bits per heavy atom. The van der Waals surface area contributed by atoms with Crippen molar-refractivity contribution in [3.8, 4) is 6.07 Å². The van der Waals surface area contributed by atoms with Gasteiger partial charge in [0, 0.05) is 5.69 Å². The van der Waals surface area contributed by atoms with Crippen LogP contribution in [0.15, 0.2) is 0 Å². The first-order chi connectivity index (χ1) is 12.0. The average molecular weight is 363 g/mol. The molecule has 1 aromatic rings. The van der Waals surface area contributed by atoms with Gasteiger partial charge in [-0.1, -0.05) is 13.8 Å². The molecule has 8 heteroatoms. The van der Waals surface area contributed by atoms with E-state index in [0.717, 1.165) is 0 Å². The summed E-state index contributed by atoms with van der Waals surface area (Å²) in [6.45, 7) is 9.85. The zero-order valence-corrected chi connectivity index (χ0v) is 16.1. The second kappa shape index (κ2) is 8.04. The SMILES string of the molecule is COC(=O)c1c(C)[nH]c(C(=O)OC(C)C(=O)NC(C)(C#N)C(C)C)c1C. The number of amides is 1. The van der Waals surface area contributed by atoms with Crippen molar-refractivity contribution in [1.29, 1.82) is 5.26 Å². The molecule has 1 amide bonds. The summed E-state index contributed by atoms with van der Waals surface area (Å²) in [4.78, 5) is 39.2. The quantitative estimate of drug-likeness (QED) is 0.746. The Morgan fingerprint density at radius 1 is 1.19 bits per heavy atom. The van der Waals surface area contributed by atoms with Crippen molar-refractivity contribution in [3.63, 3.8) is 0 Å². The molecule has 142 valence electrons. The topological polar surface area (TPSA) is 121 Å². The maximum atomic E-state index is 12.4. The zero-order chi connectivity index (χ0) is 20.2. The second-order valence-corrected chi connectivity index (χ2v) is 6.62. The van der Waals surface area contributed by atoms with Gasteiger partial charge in [-0.15, -0.1) is 0 Å². The molecule has 1 heterocycles. The number of nitriles is 1. The van der Waals surface area contributed by atoms with E-state index in [1.165, 1.54) is 14.0 Å². The lowest BCUT2D eigenvalue weighted by atomic mass is 9.90. The van der Waals surface area contributed by atoms with Gasteiger partial charge in [-0.05, 0) is 39.2 Å². The Morgan fingerprint density at radius 3 is 2.23 bits per heavy atom. The van der Waals surface area contributed by atoms with Crippen LogP contribution in [0.1, 0.15) is 59.8 Å². The van der Waals surface area contributed by atoms with Crippen LogP contribution in [0.2, 0.25) is 0 Å². The molecule has 0 aromatic carbocycles. The van der Waals surface area contributed by atoms with E-state index in [4.69, 9.17) is 9.47 Å². The monoisotopic (exact) mass is 363 g/mol. The highest BCUT2D eigenvalue weighted by Gasteiger charge is 2.33. The minimum atomic E-state index is -1.11. The highest BCUT2D eigenvalue weighted by atomic mass is 16.5. The zero-order valence-electron chi connectivity index (χ0n) is 16.1. The summed E-state index contributed by atoms with van der Waals surface area (Å²) in [6, 6.07) is 2.06. The van der Waals surface area contributed by atoms with Crippen molar-refractivity contribution in [2.24, 2.45) is 5.92 Å². The van der Waals surface area contributed by atoms with Gasteiger partial charge < -0.3 is 19.8 Å². The molecule has 0 aliphatic carbocycles. The lowest BCUT2D eigenvalue weighted by molar-refractivity contribution is -0.130. The molecule has 0 bridgehead atoms. The van der Waals surface area contributed by atoms with Gasteiger partial charge in [0.2, 0.25) is 0 Å². The number of hydrogen-bond donors (Lipinski definition) is 2. The molecule has 2 atom stereocenters. The second-order valence-electron chi connectivity index (χ2n) is 6.62. The van der Waals surface area contributed by atoms with E-state index in [0.29, 0.717) is 11.3 Å². The molecule has 0 saturated heterocycles. The summed E-state index contributed by atoms with van der Waals surface area (Å²) in [5, 5.41) is 11.9. The first-order valence-corrected chi connectivity index (χ1v) is 8.20. The predicted molar refractivity (Wildman–Crippen MR) is 93.5 cm³/mol. The first-order valence-electron chi connectivity index (χ1n) is 8.20. The molecule has 0 aliphatic rings. The number of aromatic nitrogens is 1. The Bertz CT molecular complexity index is 760. The number of aryl methyl sites for hydroxylation is 1. The van der Waals surface area contributed by atoms with Crippen LogP contribution >= 0.6 is 0 Å². The average Bonchev–Trinajstić information content (AvgIpc) is 2.88. The van der Waals surface area contributed by atoms with Crippen molar-refractivity contribution in [2.75, 3.05) is 7.11 Å². The van der Waals surface area contributed by atoms with E-state index >= 15 is 0 Å². The van der Waals surface area contributed by atoms with E-state index < -0.39 is 29.5 Å². The number of rotatable bonds is 6. The fourth-order valence-corrected chi connectivity index (χ4v) is 2.29. The Hall–Kier alpha value is -2.82. The Labute approximate surface area is 152 Å². The van der Waals surface area contributed by atoms with Crippen LogP contribution in [-0.2, 0) is 14.3 Å². The summed E-state index contributed by atoms with van der Waals surface area (Å²) in [7, 11) is 1.25. The Kier molecular flexibility index (Phi) is 6.56. The largest absolute Gasteiger partial charge is 0.465 e. The van der Waals surface area contributed by atoms with Crippen LogP contribution in [0.5, 0.6) is 0 Å². The van der Waals surface area contributed by atoms with E-state index in [1.54, 1.807) is 34.6 Å². The fourth-order valence-electron chi connectivity index (χ4n) is 2.29. The predicted octanol–water partition coefficient (Wildman–Crippen LogP) is 2.02. The maximum Gasteiger partial charge on any atom is 0.355 e. The number of methoxy groups -OCH3 is 1. The van der Waals surface area contributed by atoms with Gasteiger partial charge in [0.15, 0.2) is 6.10 Å². The number of H-pyrrole nitrogens is 1. The number of nitrogens with zero attached hydrogens (tertiary/aromatic N) is 1. The molecule has 1 aromatic heterocycles. The first kappa shape index (κ1) is 21.2. The van der Waals surface area contributed by atoms with Gasteiger partial charge in [0.05, 0.1) is 18.7 Å². The number of aromatic amines is 1. The smallest absolute Gasteiger partial charge is 0.355 e. The molecule has 8 nitrogen and oxygen atoms in total. The van der Waals surface area contributed by atoms with Crippen molar-refractivity contribution in [3.05, 3.63) is 22.5 Å². The van der Waals surface area contributed by atoms with Gasteiger partial charge in [0.1, 0.15) is 11.2 Å². The van der Waals surface area contributed by atoms with E-state index in [2.05, 4.69) is 16.4 Å².